The summed E-state index contributed by atoms with van der Waals surface area (Å²) in [5.74, 6) is -3.39. The fraction of sp³-hybridized carbons (Fsp3) is 0.200. The Bertz CT molecular complexity index is 841. The molecule has 0 aliphatic rings. The number of carbonyl (C=O) groups is 2. The monoisotopic (exact) mass is 355 g/mol. The first kappa shape index (κ1) is 17.7. The van der Waals surface area contributed by atoms with Gasteiger partial charge in [-0.05, 0) is 36.4 Å². The second-order valence-electron chi connectivity index (χ2n) is 4.84. The molecule has 1 aromatic heterocycles. The number of carbonyl (C=O) groups excluding carboxylic acids is 2. The molecular weight excluding hydrogens is 341 g/mol. The van der Waals surface area contributed by atoms with Crippen molar-refractivity contribution in [2.45, 2.75) is 5.75 Å². The van der Waals surface area contributed by atoms with Crippen LogP contribution in [-0.4, -0.2) is 33.2 Å². The highest BCUT2D eigenvalue weighted by Crippen LogP contribution is 2.14. The van der Waals surface area contributed by atoms with Gasteiger partial charge in [-0.1, -0.05) is 0 Å². The van der Waals surface area contributed by atoms with Gasteiger partial charge in [0, 0.05) is 5.69 Å². The number of anilines is 1. The molecular formula is C15H14FNO6S. The molecule has 1 aromatic carbocycles. The Hall–Kier alpha value is -2.68. The molecule has 0 spiro atoms. The molecule has 128 valence electrons. The molecule has 0 saturated heterocycles. The molecule has 0 bridgehead atoms. The second kappa shape index (κ2) is 7.26. The highest BCUT2D eigenvalue weighted by molar-refractivity contribution is 7.91. The van der Waals surface area contributed by atoms with Crippen LogP contribution in [0.5, 0.6) is 0 Å². The summed E-state index contributed by atoms with van der Waals surface area (Å²) in [6.07, 6.45) is 0. The molecule has 0 atom stereocenters. The molecule has 0 radical (unpaired) electrons. The number of halogens is 1. The molecule has 9 heteroatoms. The van der Waals surface area contributed by atoms with E-state index in [2.05, 4.69) is 10.1 Å². The maximum Gasteiger partial charge on any atom is 0.373 e. The van der Waals surface area contributed by atoms with Gasteiger partial charge in [-0.2, -0.15) is 0 Å². The first-order chi connectivity index (χ1) is 11.3. The summed E-state index contributed by atoms with van der Waals surface area (Å²) in [6, 6.07) is 7.52. The van der Waals surface area contributed by atoms with Gasteiger partial charge >= 0.3 is 5.97 Å². The molecule has 7 nitrogen and oxygen atoms in total. The molecule has 0 unspecified atom stereocenters. The van der Waals surface area contributed by atoms with E-state index in [9.17, 15) is 22.4 Å². The number of methoxy groups -OCH3 is 1. The average molecular weight is 355 g/mol. The van der Waals surface area contributed by atoms with Crippen molar-refractivity contribution in [1.82, 2.24) is 0 Å². The number of sulfone groups is 1. The minimum absolute atomic E-state index is 0.0185. The van der Waals surface area contributed by atoms with Gasteiger partial charge in [0.15, 0.2) is 9.84 Å². The van der Waals surface area contributed by atoms with Gasteiger partial charge < -0.3 is 14.5 Å². The Labute approximate surface area is 137 Å². The minimum Gasteiger partial charge on any atom is -0.463 e. The fourth-order valence-electron chi connectivity index (χ4n) is 1.86. The molecule has 0 saturated carbocycles. The van der Waals surface area contributed by atoms with Crippen molar-refractivity contribution in [3.05, 3.63) is 53.7 Å². The third-order valence-corrected chi connectivity index (χ3v) is 4.32. The van der Waals surface area contributed by atoms with Crippen LogP contribution in [0.3, 0.4) is 0 Å². The van der Waals surface area contributed by atoms with Crippen molar-refractivity contribution in [2.24, 2.45) is 0 Å². The first-order valence-electron chi connectivity index (χ1n) is 6.72. The molecule has 1 N–H and O–H groups in total. The number of ether oxygens (including phenoxy) is 1. The zero-order valence-corrected chi connectivity index (χ0v) is 13.4. The van der Waals surface area contributed by atoms with Crippen molar-refractivity contribution in [1.29, 1.82) is 0 Å². The largest absolute Gasteiger partial charge is 0.463 e. The molecule has 1 heterocycles. The van der Waals surface area contributed by atoms with Gasteiger partial charge in [-0.25, -0.2) is 17.6 Å². The van der Waals surface area contributed by atoms with Crippen LogP contribution in [0.2, 0.25) is 0 Å². The second-order valence-corrected chi connectivity index (χ2v) is 6.91. The lowest BCUT2D eigenvalue weighted by Crippen LogP contribution is -2.23. The molecule has 0 aliphatic carbocycles. The van der Waals surface area contributed by atoms with Gasteiger partial charge in [0.2, 0.25) is 11.7 Å². The van der Waals surface area contributed by atoms with Crippen molar-refractivity contribution in [3.63, 3.8) is 0 Å². The molecule has 1 amide bonds. The number of nitrogens with one attached hydrogen (secondary N) is 1. The van der Waals surface area contributed by atoms with Crippen LogP contribution >= 0.6 is 0 Å². The van der Waals surface area contributed by atoms with E-state index < -0.39 is 39.0 Å². The van der Waals surface area contributed by atoms with E-state index in [-0.39, 0.29) is 17.2 Å². The summed E-state index contributed by atoms with van der Waals surface area (Å²) in [5, 5.41) is 2.35. The summed E-state index contributed by atoms with van der Waals surface area (Å²) in [7, 11) is -2.65. The highest BCUT2D eigenvalue weighted by atomic mass is 32.2. The molecule has 0 aliphatic heterocycles. The first-order valence-corrected chi connectivity index (χ1v) is 8.54. The lowest BCUT2D eigenvalue weighted by molar-refractivity contribution is -0.113. The van der Waals surface area contributed by atoms with Crippen molar-refractivity contribution >= 4 is 27.4 Å². The van der Waals surface area contributed by atoms with E-state index >= 15 is 0 Å². The Balaban J connectivity index is 1.97. The van der Waals surface area contributed by atoms with Crippen LogP contribution in [0.1, 0.15) is 16.3 Å². The molecule has 0 fully saturated rings. The van der Waals surface area contributed by atoms with Crippen molar-refractivity contribution in [3.8, 4) is 0 Å². The smallest absolute Gasteiger partial charge is 0.373 e. The van der Waals surface area contributed by atoms with Gasteiger partial charge in [0.25, 0.3) is 0 Å². The van der Waals surface area contributed by atoms with Crippen LogP contribution in [0.4, 0.5) is 10.1 Å². The van der Waals surface area contributed by atoms with Crippen molar-refractivity contribution in [2.75, 3.05) is 18.2 Å². The predicted octanol–water partition coefficient (Wildman–Crippen LogP) is 1.76. The number of benzene rings is 1. The Morgan fingerprint density at radius 1 is 1.17 bits per heavy atom. The Morgan fingerprint density at radius 3 is 2.46 bits per heavy atom. The predicted molar refractivity (Wildman–Crippen MR) is 82.6 cm³/mol. The number of hydrogen-bond donors (Lipinski definition) is 1. The average Bonchev–Trinajstić information content (AvgIpc) is 2.95. The SMILES string of the molecule is COC(=O)c1ccc(CS(=O)(=O)CC(=O)Nc2ccc(F)cc2)o1. The zero-order chi connectivity index (χ0) is 17.7. The summed E-state index contributed by atoms with van der Waals surface area (Å²) < 4.78 is 46.3. The number of esters is 1. The number of amides is 1. The van der Waals surface area contributed by atoms with E-state index in [0.717, 1.165) is 12.1 Å². The van der Waals surface area contributed by atoms with E-state index in [1.165, 1.54) is 31.4 Å². The standard InChI is InChI=1S/C15H14FNO6S/c1-22-15(19)13-7-6-12(23-13)8-24(20,21)9-14(18)17-11-4-2-10(16)3-5-11/h2-7H,8-9H2,1H3,(H,17,18). The summed E-state index contributed by atoms with van der Waals surface area (Å²) in [5.41, 5.74) is 0.280. The zero-order valence-electron chi connectivity index (χ0n) is 12.6. The lowest BCUT2D eigenvalue weighted by atomic mass is 10.3. The Morgan fingerprint density at radius 2 is 1.83 bits per heavy atom. The summed E-state index contributed by atoms with van der Waals surface area (Å²) >= 11 is 0. The van der Waals surface area contributed by atoms with Crippen LogP contribution in [-0.2, 0) is 25.1 Å². The van der Waals surface area contributed by atoms with Gasteiger partial charge in [0.1, 0.15) is 23.1 Å². The maximum atomic E-state index is 12.8. The summed E-state index contributed by atoms with van der Waals surface area (Å²) in [4.78, 5) is 23.0. The molecule has 2 aromatic rings. The number of rotatable bonds is 6. The maximum absolute atomic E-state index is 12.8. The van der Waals surface area contributed by atoms with Crippen LogP contribution < -0.4 is 5.32 Å². The summed E-state index contributed by atoms with van der Waals surface area (Å²) in [6.45, 7) is 0. The van der Waals surface area contributed by atoms with Gasteiger partial charge in [-0.15, -0.1) is 0 Å². The number of hydrogen-bond acceptors (Lipinski definition) is 6. The van der Waals surface area contributed by atoms with Crippen LogP contribution in [0.15, 0.2) is 40.8 Å². The van der Waals surface area contributed by atoms with Gasteiger partial charge in [0.05, 0.1) is 7.11 Å². The molecule has 2 rings (SSSR count). The van der Waals surface area contributed by atoms with E-state index in [1.807, 2.05) is 0 Å². The van der Waals surface area contributed by atoms with Crippen LogP contribution in [0.25, 0.3) is 0 Å². The van der Waals surface area contributed by atoms with E-state index in [1.54, 1.807) is 0 Å². The normalized spacial score (nSPS) is 11.1. The van der Waals surface area contributed by atoms with Gasteiger partial charge in [-0.3, -0.25) is 4.79 Å². The molecule has 24 heavy (non-hydrogen) atoms. The topological polar surface area (TPSA) is 103 Å². The minimum atomic E-state index is -3.81. The van der Waals surface area contributed by atoms with E-state index in [4.69, 9.17) is 4.42 Å². The third-order valence-electron chi connectivity index (χ3n) is 2.89. The van der Waals surface area contributed by atoms with E-state index in [0.29, 0.717) is 0 Å². The third kappa shape index (κ3) is 4.92. The highest BCUT2D eigenvalue weighted by Gasteiger charge is 2.21. The quantitative estimate of drug-likeness (QED) is 0.792. The number of furan rings is 1. The Kier molecular flexibility index (Phi) is 5.35. The van der Waals surface area contributed by atoms with Crippen LogP contribution in [0, 0.1) is 5.82 Å². The lowest BCUT2D eigenvalue weighted by Gasteiger charge is -2.05. The fourth-order valence-corrected chi connectivity index (χ4v) is 3.03. The van der Waals surface area contributed by atoms with Crippen molar-refractivity contribution < 1.29 is 31.6 Å².